The molecule has 0 bridgehead atoms. The second-order valence-electron chi connectivity index (χ2n) is 3.81. The lowest BCUT2D eigenvalue weighted by molar-refractivity contribution is -0.119. The summed E-state index contributed by atoms with van der Waals surface area (Å²) in [6.45, 7) is 0.209. The number of alkyl halides is 1. The van der Waals surface area contributed by atoms with E-state index in [1.807, 2.05) is 0 Å². The van der Waals surface area contributed by atoms with Crippen LogP contribution < -0.4 is 10.2 Å². The zero-order valence-corrected chi connectivity index (χ0v) is 9.70. The van der Waals surface area contributed by atoms with Gasteiger partial charge in [-0.05, 0) is 12.8 Å². The minimum Gasteiger partial charge on any atom is -0.407 e. The second kappa shape index (κ2) is 4.69. The summed E-state index contributed by atoms with van der Waals surface area (Å²) >= 11 is 5.53. The van der Waals surface area contributed by atoms with Gasteiger partial charge in [-0.1, -0.05) is 5.10 Å². The van der Waals surface area contributed by atoms with Crippen molar-refractivity contribution in [1.29, 1.82) is 0 Å². The number of hydrogen-bond acceptors (Lipinski definition) is 5. The Morgan fingerprint density at radius 2 is 2.38 bits per heavy atom. The molecular formula is C9H13ClN4O2. The molecule has 1 aliphatic carbocycles. The van der Waals surface area contributed by atoms with Crippen molar-refractivity contribution in [2.24, 2.45) is 0 Å². The Kier molecular flexibility index (Phi) is 3.28. The normalized spacial score (nSPS) is 14.9. The van der Waals surface area contributed by atoms with Crippen LogP contribution in [0.1, 0.15) is 18.7 Å². The van der Waals surface area contributed by atoms with E-state index in [9.17, 15) is 4.79 Å². The van der Waals surface area contributed by atoms with E-state index in [0.29, 0.717) is 17.9 Å². The van der Waals surface area contributed by atoms with E-state index in [1.165, 1.54) is 0 Å². The minimum absolute atomic E-state index is 0.0318. The molecule has 1 saturated carbocycles. The topological polar surface area (TPSA) is 71.3 Å². The third-order valence-electron chi connectivity index (χ3n) is 2.22. The fraction of sp³-hybridized carbons (Fsp3) is 0.667. The van der Waals surface area contributed by atoms with Crippen molar-refractivity contribution in [2.75, 3.05) is 18.5 Å². The van der Waals surface area contributed by atoms with E-state index in [1.54, 1.807) is 11.9 Å². The Hall–Kier alpha value is -1.30. The quantitative estimate of drug-likeness (QED) is 0.765. The molecule has 16 heavy (non-hydrogen) atoms. The van der Waals surface area contributed by atoms with Crippen molar-refractivity contribution < 1.29 is 9.21 Å². The molecule has 1 amide bonds. The first kappa shape index (κ1) is 11.2. The fourth-order valence-electron chi connectivity index (χ4n) is 1.24. The summed E-state index contributed by atoms with van der Waals surface area (Å²) in [5, 5.41) is 10.4. The minimum atomic E-state index is -0.0318. The van der Waals surface area contributed by atoms with Gasteiger partial charge in [0.1, 0.15) is 12.4 Å². The highest BCUT2D eigenvalue weighted by molar-refractivity contribution is 6.16. The standard InChI is InChI=1S/C9H13ClN4O2/c1-14(5-7(15)11-6-2-3-6)9-13-12-8(4-10)16-9/h6H,2-5H2,1H3,(H,11,15). The Labute approximate surface area is 98.0 Å². The first-order valence-electron chi connectivity index (χ1n) is 5.08. The van der Waals surface area contributed by atoms with Crippen LogP contribution in [-0.2, 0) is 10.7 Å². The molecular weight excluding hydrogens is 232 g/mol. The zero-order valence-electron chi connectivity index (χ0n) is 8.94. The zero-order chi connectivity index (χ0) is 11.5. The SMILES string of the molecule is CN(CC(=O)NC1CC1)c1nnc(CCl)o1. The molecule has 1 fully saturated rings. The van der Waals surface area contributed by atoms with Crippen LogP contribution in [0.5, 0.6) is 0 Å². The summed E-state index contributed by atoms with van der Waals surface area (Å²) in [7, 11) is 1.72. The van der Waals surface area contributed by atoms with Crippen LogP contribution in [0, 0.1) is 0 Å². The van der Waals surface area contributed by atoms with E-state index >= 15 is 0 Å². The molecule has 0 aromatic carbocycles. The van der Waals surface area contributed by atoms with E-state index in [4.69, 9.17) is 16.0 Å². The highest BCUT2D eigenvalue weighted by Crippen LogP contribution is 2.18. The highest BCUT2D eigenvalue weighted by Gasteiger charge is 2.24. The van der Waals surface area contributed by atoms with Crippen molar-refractivity contribution >= 4 is 23.5 Å². The molecule has 1 aromatic heterocycles. The van der Waals surface area contributed by atoms with Crippen LogP contribution in [0.15, 0.2) is 4.42 Å². The largest absolute Gasteiger partial charge is 0.407 e. The van der Waals surface area contributed by atoms with Gasteiger partial charge in [0.15, 0.2) is 0 Å². The van der Waals surface area contributed by atoms with Crippen LogP contribution in [0.25, 0.3) is 0 Å². The van der Waals surface area contributed by atoms with Crippen LogP contribution >= 0.6 is 11.6 Å². The van der Waals surface area contributed by atoms with Gasteiger partial charge in [0.2, 0.25) is 11.8 Å². The van der Waals surface area contributed by atoms with Crippen LogP contribution in [-0.4, -0.2) is 35.7 Å². The summed E-state index contributed by atoms with van der Waals surface area (Å²) in [6, 6.07) is 0.670. The van der Waals surface area contributed by atoms with Crippen molar-refractivity contribution in [3.63, 3.8) is 0 Å². The number of nitrogens with zero attached hydrogens (tertiary/aromatic N) is 3. The van der Waals surface area contributed by atoms with Crippen molar-refractivity contribution in [3.05, 3.63) is 5.89 Å². The van der Waals surface area contributed by atoms with Crippen LogP contribution in [0.2, 0.25) is 0 Å². The molecule has 0 aliphatic heterocycles. The molecule has 2 rings (SSSR count). The van der Waals surface area contributed by atoms with Crippen molar-refractivity contribution in [2.45, 2.75) is 24.8 Å². The van der Waals surface area contributed by atoms with Crippen LogP contribution in [0.4, 0.5) is 6.01 Å². The number of hydrogen-bond donors (Lipinski definition) is 1. The third kappa shape index (κ3) is 2.85. The predicted molar refractivity (Wildman–Crippen MR) is 58.3 cm³/mol. The van der Waals surface area contributed by atoms with Crippen molar-refractivity contribution in [3.8, 4) is 0 Å². The maximum absolute atomic E-state index is 11.5. The van der Waals surface area contributed by atoms with Gasteiger partial charge >= 0.3 is 6.01 Å². The second-order valence-corrected chi connectivity index (χ2v) is 4.08. The maximum Gasteiger partial charge on any atom is 0.318 e. The van der Waals surface area contributed by atoms with Gasteiger partial charge in [-0.3, -0.25) is 4.79 Å². The number of amides is 1. The summed E-state index contributed by atoms with van der Waals surface area (Å²) in [6.07, 6.45) is 2.15. The smallest absolute Gasteiger partial charge is 0.318 e. The number of likely N-dealkylation sites (N-methyl/N-ethyl adjacent to an activating group) is 1. The Morgan fingerprint density at radius 1 is 1.62 bits per heavy atom. The number of halogens is 1. The summed E-state index contributed by atoms with van der Waals surface area (Å²) in [4.78, 5) is 13.1. The Balaban J connectivity index is 1.85. The van der Waals surface area contributed by atoms with Gasteiger partial charge in [0, 0.05) is 13.1 Å². The van der Waals surface area contributed by atoms with Crippen LogP contribution in [0.3, 0.4) is 0 Å². The summed E-state index contributed by atoms with van der Waals surface area (Å²) < 4.78 is 5.21. The van der Waals surface area contributed by atoms with E-state index in [-0.39, 0.29) is 18.3 Å². The first-order valence-corrected chi connectivity index (χ1v) is 5.61. The van der Waals surface area contributed by atoms with E-state index < -0.39 is 0 Å². The van der Waals surface area contributed by atoms with Gasteiger partial charge in [-0.25, -0.2) is 0 Å². The Morgan fingerprint density at radius 3 is 2.94 bits per heavy atom. The maximum atomic E-state index is 11.5. The monoisotopic (exact) mass is 244 g/mol. The molecule has 1 N–H and O–H groups in total. The molecule has 1 aromatic rings. The lowest BCUT2D eigenvalue weighted by atomic mass is 10.5. The van der Waals surface area contributed by atoms with Gasteiger partial charge < -0.3 is 14.6 Å². The highest BCUT2D eigenvalue weighted by atomic mass is 35.5. The van der Waals surface area contributed by atoms with E-state index in [0.717, 1.165) is 12.8 Å². The molecule has 88 valence electrons. The summed E-state index contributed by atoms with van der Waals surface area (Å²) in [5.41, 5.74) is 0. The number of carbonyl (C=O) groups excluding carboxylic acids is 1. The number of rotatable bonds is 5. The molecule has 0 atom stereocenters. The van der Waals surface area contributed by atoms with Gasteiger partial charge in [-0.15, -0.1) is 16.7 Å². The Bertz CT molecular complexity index is 377. The lowest BCUT2D eigenvalue weighted by Gasteiger charge is -2.12. The molecule has 1 heterocycles. The number of carbonyl (C=O) groups is 1. The van der Waals surface area contributed by atoms with Gasteiger partial charge in [0.05, 0.1) is 0 Å². The number of nitrogens with one attached hydrogen (secondary N) is 1. The molecule has 0 spiro atoms. The molecule has 0 unspecified atom stereocenters. The predicted octanol–water partition coefficient (Wildman–Crippen LogP) is 0.523. The summed E-state index contributed by atoms with van der Waals surface area (Å²) in [5.74, 6) is 0.497. The third-order valence-corrected chi connectivity index (χ3v) is 2.45. The van der Waals surface area contributed by atoms with E-state index in [2.05, 4.69) is 15.5 Å². The van der Waals surface area contributed by atoms with Gasteiger partial charge in [0.25, 0.3) is 0 Å². The van der Waals surface area contributed by atoms with Gasteiger partial charge in [-0.2, -0.15) is 0 Å². The average Bonchev–Trinajstić information content (AvgIpc) is 2.93. The molecule has 0 radical (unpaired) electrons. The molecule has 0 saturated heterocycles. The molecule has 7 heteroatoms. The van der Waals surface area contributed by atoms with Crippen molar-refractivity contribution in [1.82, 2.24) is 15.5 Å². The molecule has 1 aliphatic rings. The number of anilines is 1. The lowest BCUT2D eigenvalue weighted by Crippen LogP contribution is -2.36. The number of aromatic nitrogens is 2. The fourth-order valence-corrected chi connectivity index (χ4v) is 1.35. The average molecular weight is 245 g/mol. The first-order chi connectivity index (χ1) is 7.69. The molecule has 6 nitrogen and oxygen atoms in total.